The molecule has 0 saturated heterocycles. The van der Waals surface area contributed by atoms with Crippen LogP contribution in [0.2, 0.25) is 0 Å². The Bertz CT molecular complexity index is 651. The quantitative estimate of drug-likeness (QED) is 0.836. The molecule has 1 unspecified atom stereocenters. The van der Waals surface area contributed by atoms with Gasteiger partial charge in [0.15, 0.2) is 11.7 Å². The van der Waals surface area contributed by atoms with Crippen molar-refractivity contribution in [2.45, 2.75) is 25.8 Å². The first-order valence-electron chi connectivity index (χ1n) is 6.48. The third-order valence-corrected chi connectivity index (χ3v) is 3.17. The number of carbonyl (C=O) groups is 2. The number of rotatable bonds is 6. The summed E-state index contributed by atoms with van der Waals surface area (Å²) in [6, 6.07) is 8.26. The molecule has 0 spiro atoms. The Morgan fingerprint density at radius 2 is 1.90 bits per heavy atom. The van der Waals surface area contributed by atoms with Crippen LogP contribution in [-0.4, -0.2) is 37.1 Å². The van der Waals surface area contributed by atoms with E-state index in [2.05, 4.69) is 10.3 Å². The van der Waals surface area contributed by atoms with Crippen LogP contribution in [0.25, 0.3) is 0 Å². The SMILES string of the molecule is CCC(C(=O)O)n1nnc(C(=O)O)c1Cc1ccccc1. The number of aliphatic carboxylic acids is 1. The number of carboxylic acids is 2. The predicted molar refractivity (Wildman–Crippen MR) is 73.2 cm³/mol. The number of carboxylic acid groups (broad SMARTS) is 2. The van der Waals surface area contributed by atoms with Gasteiger partial charge in [0.05, 0.1) is 5.69 Å². The van der Waals surface area contributed by atoms with Crippen molar-refractivity contribution in [3.05, 3.63) is 47.3 Å². The fourth-order valence-electron chi connectivity index (χ4n) is 2.14. The van der Waals surface area contributed by atoms with Crippen molar-refractivity contribution in [1.82, 2.24) is 15.0 Å². The zero-order chi connectivity index (χ0) is 15.4. The summed E-state index contributed by atoms with van der Waals surface area (Å²) in [5.74, 6) is -2.28. The third kappa shape index (κ3) is 3.07. The molecule has 7 heteroatoms. The Morgan fingerprint density at radius 3 is 2.43 bits per heavy atom. The fraction of sp³-hybridized carbons (Fsp3) is 0.286. The summed E-state index contributed by atoms with van der Waals surface area (Å²) in [5, 5.41) is 25.8. The van der Waals surface area contributed by atoms with Gasteiger partial charge in [-0.2, -0.15) is 0 Å². The highest BCUT2D eigenvalue weighted by Gasteiger charge is 2.26. The summed E-state index contributed by atoms with van der Waals surface area (Å²) in [6.07, 6.45) is 0.554. The van der Waals surface area contributed by atoms with Crippen LogP contribution < -0.4 is 0 Å². The highest BCUT2D eigenvalue weighted by Crippen LogP contribution is 2.19. The highest BCUT2D eigenvalue weighted by molar-refractivity contribution is 5.86. The summed E-state index contributed by atoms with van der Waals surface area (Å²) < 4.78 is 1.19. The van der Waals surface area contributed by atoms with E-state index in [0.717, 1.165) is 5.56 Å². The molecule has 2 rings (SSSR count). The van der Waals surface area contributed by atoms with Gasteiger partial charge < -0.3 is 10.2 Å². The second-order valence-corrected chi connectivity index (χ2v) is 4.56. The van der Waals surface area contributed by atoms with Crippen LogP contribution in [0.4, 0.5) is 0 Å². The van der Waals surface area contributed by atoms with Crippen LogP contribution in [-0.2, 0) is 11.2 Å². The zero-order valence-corrected chi connectivity index (χ0v) is 11.4. The van der Waals surface area contributed by atoms with Crippen molar-refractivity contribution in [1.29, 1.82) is 0 Å². The summed E-state index contributed by atoms with van der Waals surface area (Å²) >= 11 is 0. The summed E-state index contributed by atoms with van der Waals surface area (Å²) in [7, 11) is 0. The minimum absolute atomic E-state index is 0.210. The smallest absolute Gasteiger partial charge is 0.358 e. The minimum atomic E-state index is -1.22. The maximum Gasteiger partial charge on any atom is 0.358 e. The van der Waals surface area contributed by atoms with Crippen molar-refractivity contribution in [2.24, 2.45) is 0 Å². The minimum Gasteiger partial charge on any atom is -0.480 e. The lowest BCUT2D eigenvalue weighted by atomic mass is 10.1. The number of hydrogen-bond acceptors (Lipinski definition) is 4. The Balaban J connectivity index is 2.47. The first kappa shape index (κ1) is 14.7. The lowest BCUT2D eigenvalue weighted by molar-refractivity contribution is -0.141. The van der Waals surface area contributed by atoms with E-state index in [1.165, 1.54) is 4.68 Å². The molecule has 1 aromatic carbocycles. The molecule has 2 aromatic rings. The average molecular weight is 289 g/mol. The van der Waals surface area contributed by atoms with Crippen molar-refractivity contribution in [2.75, 3.05) is 0 Å². The second kappa shape index (κ2) is 6.17. The van der Waals surface area contributed by atoms with E-state index in [1.54, 1.807) is 6.92 Å². The maximum absolute atomic E-state index is 11.3. The van der Waals surface area contributed by atoms with Crippen molar-refractivity contribution < 1.29 is 19.8 Å². The lowest BCUT2D eigenvalue weighted by Gasteiger charge is -2.13. The number of hydrogen-bond donors (Lipinski definition) is 2. The molecule has 1 aromatic heterocycles. The lowest BCUT2D eigenvalue weighted by Crippen LogP contribution is -2.22. The largest absolute Gasteiger partial charge is 0.480 e. The summed E-state index contributed by atoms with van der Waals surface area (Å²) in [5.41, 5.74) is 0.949. The molecule has 1 atom stereocenters. The molecule has 0 saturated carbocycles. The van der Waals surface area contributed by atoms with Crippen LogP contribution in [0, 0.1) is 0 Å². The number of aromatic carboxylic acids is 1. The third-order valence-electron chi connectivity index (χ3n) is 3.17. The molecular weight excluding hydrogens is 274 g/mol. The molecule has 0 aliphatic rings. The van der Waals surface area contributed by atoms with Gasteiger partial charge in [-0.25, -0.2) is 14.3 Å². The molecular formula is C14H15N3O4. The highest BCUT2D eigenvalue weighted by atomic mass is 16.4. The van der Waals surface area contributed by atoms with E-state index in [-0.39, 0.29) is 12.1 Å². The monoisotopic (exact) mass is 289 g/mol. The van der Waals surface area contributed by atoms with Crippen LogP contribution in [0.1, 0.15) is 41.1 Å². The van der Waals surface area contributed by atoms with E-state index >= 15 is 0 Å². The molecule has 0 amide bonds. The number of nitrogens with zero attached hydrogens (tertiary/aromatic N) is 3. The van der Waals surface area contributed by atoms with Crippen LogP contribution in [0.15, 0.2) is 30.3 Å². The van der Waals surface area contributed by atoms with Gasteiger partial charge in [0.1, 0.15) is 0 Å². The molecule has 0 bridgehead atoms. The number of aromatic nitrogens is 3. The van der Waals surface area contributed by atoms with E-state index in [4.69, 9.17) is 0 Å². The van der Waals surface area contributed by atoms with Crippen molar-refractivity contribution in [3.63, 3.8) is 0 Å². The topological polar surface area (TPSA) is 105 Å². The van der Waals surface area contributed by atoms with Crippen molar-refractivity contribution >= 4 is 11.9 Å². The number of benzene rings is 1. The first-order chi connectivity index (χ1) is 10.0. The molecule has 2 N–H and O–H groups in total. The summed E-state index contributed by atoms with van der Waals surface area (Å²) in [6.45, 7) is 1.70. The second-order valence-electron chi connectivity index (χ2n) is 4.56. The van der Waals surface area contributed by atoms with E-state index in [0.29, 0.717) is 12.1 Å². The van der Waals surface area contributed by atoms with Gasteiger partial charge in [-0.15, -0.1) is 5.10 Å². The van der Waals surface area contributed by atoms with Gasteiger partial charge in [0, 0.05) is 6.42 Å². The van der Waals surface area contributed by atoms with Crippen LogP contribution in [0.3, 0.4) is 0 Å². The zero-order valence-electron chi connectivity index (χ0n) is 11.4. The van der Waals surface area contributed by atoms with E-state index < -0.39 is 18.0 Å². The summed E-state index contributed by atoms with van der Waals surface area (Å²) in [4.78, 5) is 22.5. The average Bonchev–Trinajstić information content (AvgIpc) is 2.84. The molecule has 21 heavy (non-hydrogen) atoms. The Hall–Kier alpha value is -2.70. The van der Waals surface area contributed by atoms with E-state index in [1.807, 2.05) is 30.3 Å². The fourth-order valence-corrected chi connectivity index (χ4v) is 2.14. The van der Waals surface area contributed by atoms with Gasteiger partial charge in [0.2, 0.25) is 0 Å². The normalized spacial score (nSPS) is 12.0. The first-order valence-corrected chi connectivity index (χ1v) is 6.48. The molecule has 0 fully saturated rings. The predicted octanol–water partition coefficient (Wildman–Crippen LogP) is 1.60. The van der Waals surface area contributed by atoms with Crippen molar-refractivity contribution in [3.8, 4) is 0 Å². The molecule has 0 aliphatic heterocycles. The maximum atomic E-state index is 11.3. The Morgan fingerprint density at radius 1 is 1.24 bits per heavy atom. The van der Waals surface area contributed by atoms with Crippen LogP contribution in [0.5, 0.6) is 0 Å². The van der Waals surface area contributed by atoms with Crippen LogP contribution >= 0.6 is 0 Å². The molecule has 1 heterocycles. The van der Waals surface area contributed by atoms with Gasteiger partial charge in [-0.3, -0.25) is 0 Å². The van der Waals surface area contributed by atoms with Gasteiger partial charge in [-0.05, 0) is 12.0 Å². The molecule has 110 valence electrons. The Labute approximate surface area is 120 Å². The standard InChI is InChI=1S/C14H15N3O4/c1-2-10(13(18)19)17-11(12(14(20)21)15-16-17)8-9-6-4-3-5-7-9/h3-7,10H,2,8H2,1H3,(H,18,19)(H,20,21). The molecule has 7 nitrogen and oxygen atoms in total. The van der Waals surface area contributed by atoms with E-state index in [9.17, 15) is 19.8 Å². The van der Waals surface area contributed by atoms with Gasteiger partial charge in [-0.1, -0.05) is 42.5 Å². The Kier molecular flexibility index (Phi) is 4.32. The van der Waals surface area contributed by atoms with Gasteiger partial charge >= 0.3 is 11.9 Å². The molecule has 0 aliphatic carbocycles. The van der Waals surface area contributed by atoms with Gasteiger partial charge in [0.25, 0.3) is 0 Å². The molecule has 0 radical (unpaired) electrons.